The molecule has 4 heteroatoms. The number of ether oxygens (including phenoxy) is 1. The van der Waals surface area contributed by atoms with Gasteiger partial charge in [0.15, 0.2) is 0 Å². The lowest BCUT2D eigenvalue weighted by molar-refractivity contribution is -0.00527. The van der Waals surface area contributed by atoms with E-state index < -0.39 is 0 Å². The summed E-state index contributed by atoms with van der Waals surface area (Å²) in [4.78, 5) is 3.68. The predicted octanol–water partition coefficient (Wildman–Crippen LogP) is 2.48. The second-order valence-electron chi connectivity index (χ2n) is 4.82. The van der Waals surface area contributed by atoms with Crippen LogP contribution >= 0.6 is 11.8 Å². The zero-order valence-corrected chi connectivity index (χ0v) is 12.2. The Morgan fingerprint density at radius 3 is 2.56 bits per heavy atom. The molecule has 0 aromatic heterocycles. The Bertz CT molecular complexity index is 401. The third kappa shape index (κ3) is 2.82. The maximum absolute atomic E-state index is 5.93. The molecule has 18 heavy (non-hydrogen) atoms. The van der Waals surface area contributed by atoms with Crippen molar-refractivity contribution in [3.63, 3.8) is 0 Å². The average molecular weight is 266 g/mol. The van der Waals surface area contributed by atoms with Crippen molar-refractivity contribution < 1.29 is 4.74 Å². The lowest BCUT2D eigenvalue weighted by Crippen LogP contribution is -2.46. The topological polar surface area (TPSA) is 38.5 Å². The van der Waals surface area contributed by atoms with E-state index in [0.29, 0.717) is 6.54 Å². The van der Waals surface area contributed by atoms with E-state index in [4.69, 9.17) is 10.5 Å². The molecule has 0 unspecified atom stereocenters. The quantitative estimate of drug-likeness (QED) is 0.853. The largest absolute Gasteiger partial charge is 0.372 e. The first kappa shape index (κ1) is 13.7. The van der Waals surface area contributed by atoms with Gasteiger partial charge >= 0.3 is 0 Å². The van der Waals surface area contributed by atoms with E-state index in [0.717, 1.165) is 13.1 Å². The molecule has 0 amide bonds. The molecule has 0 bridgehead atoms. The van der Waals surface area contributed by atoms with Crippen molar-refractivity contribution in [1.29, 1.82) is 0 Å². The van der Waals surface area contributed by atoms with Crippen molar-refractivity contribution in [3.8, 4) is 0 Å². The van der Waals surface area contributed by atoms with Gasteiger partial charge in [-0.25, -0.2) is 0 Å². The SMILES string of the molecule is CSc1cccc(N2C[C@@H](C)O[C@@H](C)C2)c1CN. The predicted molar refractivity (Wildman–Crippen MR) is 78.3 cm³/mol. The Hall–Kier alpha value is -0.710. The van der Waals surface area contributed by atoms with Crippen LogP contribution in [0.3, 0.4) is 0 Å². The zero-order chi connectivity index (χ0) is 13.1. The lowest BCUT2D eigenvalue weighted by atomic mass is 10.1. The maximum Gasteiger partial charge on any atom is 0.0726 e. The first-order valence-corrected chi connectivity index (χ1v) is 7.64. The number of hydrogen-bond donors (Lipinski definition) is 1. The van der Waals surface area contributed by atoms with Crippen LogP contribution in [0.4, 0.5) is 5.69 Å². The van der Waals surface area contributed by atoms with Crippen LogP contribution in [0.15, 0.2) is 23.1 Å². The van der Waals surface area contributed by atoms with Gasteiger partial charge in [0.2, 0.25) is 0 Å². The van der Waals surface area contributed by atoms with Gasteiger partial charge in [-0.15, -0.1) is 11.8 Å². The molecule has 100 valence electrons. The van der Waals surface area contributed by atoms with Crippen LogP contribution in [-0.4, -0.2) is 31.6 Å². The van der Waals surface area contributed by atoms with E-state index in [2.05, 4.69) is 43.2 Å². The van der Waals surface area contributed by atoms with Gasteiger partial charge in [0, 0.05) is 35.8 Å². The molecule has 0 radical (unpaired) electrons. The minimum absolute atomic E-state index is 0.275. The number of hydrogen-bond acceptors (Lipinski definition) is 4. The van der Waals surface area contributed by atoms with E-state index >= 15 is 0 Å². The van der Waals surface area contributed by atoms with Gasteiger partial charge in [0.25, 0.3) is 0 Å². The lowest BCUT2D eigenvalue weighted by Gasteiger charge is -2.38. The fourth-order valence-electron chi connectivity index (χ4n) is 2.62. The Labute approximate surface area is 114 Å². The molecule has 1 aromatic carbocycles. The molecule has 1 aliphatic rings. The molecule has 2 rings (SSSR count). The number of nitrogens with two attached hydrogens (primary N) is 1. The van der Waals surface area contributed by atoms with Gasteiger partial charge in [0.05, 0.1) is 12.2 Å². The van der Waals surface area contributed by atoms with Crippen LogP contribution in [0, 0.1) is 0 Å². The number of nitrogens with zero attached hydrogens (tertiary/aromatic N) is 1. The summed E-state index contributed by atoms with van der Waals surface area (Å²) in [6.07, 6.45) is 2.65. The minimum Gasteiger partial charge on any atom is -0.372 e. The van der Waals surface area contributed by atoms with Crippen molar-refractivity contribution in [3.05, 3.63) is 23.8 Å². The van der Waals surface area contributed by atoms with Crippen molar-refractivity contribution in [1.82, 2.24) is 0 Å². The van der Waals surface area contributed by atoms with Gasteiger partial charge in [0.1, 0.15) is 0 Å². The number of benzene rings is 1. The molecule has 1 heterocycles. The smallest absolute Gasteiger partial charge is 0.0726 e. The van der Waals surface area contributed by atoms with Gasteiger partial charge < -0.3 is 15.4 Å². The number of rotatable bonds is 3. The number of thioether (sulfide) groups is 1. The highest BCUT2D eigenvalue weighted by Crippen LogP contribution is 2.31. The zero-order valence-electron chi connectivity index (χ0n) is 11.3. The summed E-state index contributed by atoms with van der Waals surface area (Å²) >= 11 is 1.76. The summed E-state index contributed by atoms with van der Waals surface area (Å²) in [7, 11) is 0. The van der Waals surface area contributed by atoms with Crippen LogP contribution in [0.5, 0.6) is 0 Å². The average Bonchev–Trinajstić information content (AvgIpc) is 2.36. The van der Waals surface area contributed by atoms with Crippen LogP contribution in [0.2, 0.25) is 0 Å². The Morgan fingerprint density at radius 2 is 2.00 bits per heavy atom. The van der Waals surface area contributed by atoms with Crippen LogP contribution in [0.25, 0.3) is 0 Å². The van der Waals surface area contributed by atoms with Crippen molar-refractivity contribution in [2.75, 3.05) is 24.2 Å². The van der Waals surface area contributed by atoms with Crippen molar-refractivity contribution in [2.45, 2.75) is 37.5 Å². The monoisotopic (exact) mass is 266 g/mol. The highest BCUT2D eigenvalue weighted by atomic mass is 32.2. The third-order valence-electron chi connectivity index (χ3n) is 3.29. The van der Waals surface area contributed by atoms with Crippen molar-refractivity contribution >= 4 is 17.4 Å². The Kier molecular flexibility index (Phi) is 4.54. The molecule has 1 aliphatic heterocycles. The van der Waals surface area contributed by atoms with Gasteiger partial charge in [-0.2, -0.15) is 0 Å². The summed E-state index contributed by atoms with van der Waals surface area (Å²) in [6.45, 7) is 6.73. The summed E-state index contributed by atoms with van der Waals surface area (Å²) in [5.41, 5.74) is 8.46. The molecular formula is C14H22N2OS. The Morgan fingerprint density at radius 1 is 1.33 bits per heavy atom. The molecule has 1 aromatic rings. The highest BCUT2D eigenvalue weighted by Gasteiger charge is 2.24. The van der Waals surface area contributed by atoms with Gasteiger partial charge in [-0.05, 0) is 32.2 Å². The second kappa shape index (κ2) is 5.95. The molecule has 0 saturated carbocycles. The molecular weight excluding hydrogens is 244 g/mol. The fraction of sp³-hybridized carbons (Fsp3) is 0.571. The molecule has 2 N–H and O–H groups in total. The van der Waals surface area contributed by atoms with Gasteiger partial charge in [-0.3, -0.25) is 0 Å². The fourth-order valence-corrected chi connectivity index (χ4v) is 3.27. The Balaban J connectivity index is 2.32. The van der Waals surface area contributed by atoms with E-state index in [9.17, 15) is 0 Å². The molecule has 1 fully saturated rings. The number of anilines is 1. The molecule has 3 nitrogen and oxygen atoms in total. The van der Waals surface area contributed by atoms with Crippen LogP contribution < -0.4 is 10.6 Å². The minimum atomic E-state index is 0.275. The van der Waals surface area contributed by atoms with E-state index in [1.165, 1.54) is 16.1 Å². The van der Waals surface area contributed by atoms with Crippen molar-refractivity contribution in [2.24, 2.45) is 5.73 Å². The maximum atomic E-state index is 5.93. The first-order valence-electron chi connectivity index (χ1n) is 6.42. The summed E-state index contributed by atoms with van der Waals surface area (Å²) in [6, 6.07) is 6.43. The summed E-state index contributed by atoms with van der Waals surface area (Å²) in [5, 5.41) is 0. The van der Waals surface area contributed by atoms with Crippen LogP contribution in [0.1, 0.15) is 19.4 Å². The number of morpholine rings is 1. The molecule has 0 aliphatic carbocycles. The van der Waals surface area contributed by atoms with Crippen LogP contribution in [-0.2, 0) is 11.3 Å². The van der Waals surface area contributed by atoms with E-state index in [1.807, 2.05) is 0 Å². The van der Waals surface area contributed by atoms with E-state index in [-0.39, 0.29) is 12.2 Å². The normalized spacial score (nSPS) is 24.3. The standard InChI is InChI=1S/C14H22N2OS/c1-10-8-16(9-11(2)17-10)13-5-4-6-14(18-3)12(13)7-15/h4-6,10-11H,7-9,15H2,1-3H3/t10-,11+. The molecule has 2 atom stereocenters. The second-order valence-corrected chi connectivity index (χ2v) is 5.67. The highest BCUT2D eigenvalue weighted by molar-refractivity contribution is 7.98. The van der Waals surface area contributed by atoms with Gasteiger partial charge in [-0.1, -0.05) is 6.07 Å². The third-order valence-corrected chi connectivity index (χ3v) is 4.11. The summed E-state index contributed by atoms with van der Waals surface area (Å²) in [5.74, 6) is 0. The summed E-state index contributed by atoms with van der Waals surface area (Å²) < 4.78 is 5.79. The van der Waals surface area contributed by atoms with E-state index in [1.54, 1.807) is 11.8 Å². The molecule has 1 saturated heterocycles. The molecule has 0 spiro atoms. The first-order chi connectivity index (χ1) is 8.65.